The van der Waals surface area contributed by atoms with Crippen LogP contribution in [0.3, 0.4) is 0 Å². The molecule has 0 unspecified atom stereocenters. The number of tetrazole rings is 1. The van der Waals surface area contributed by atoms with Crippen LogP contribution in [0.4, 0.5) is 22.0 Å². The van der Waals surface area contributed by atoms with Gasteiger partial charge >= 0.3 is 12.1 Å². The number of aryl methyl sites for hydroxylation is 1. The zero-order valence-corrected chi connectivity index (χ0v) is 9.01. The van der Waals surface area contributed by atoms with E-state index >= 15 is 0 Å². The van der Waals surface area contributed by atoms with Crippen LogP contribution in [0.5, 0.6) is 0 Å². The Bertz CT molecular complexity index is 359. The molecule has 9 heteroatoms. The Kier molecular flexibility index (Phi) is 3.99. The van der Waals surface area contributed by atoms with Gasteiger partial charge in [0.1, 0.15) is 0 Å². The molecule has 0 saturated heterocycles. The summed E-state index contributed by atoms with van der Waals surface area (Å²) >= 11 is 0. The van der Waals surface area contributed by atoms with Crippen molar-refractivity contribution in [1.82, 2.24) is 20.2 Å². The maximum absolute atomic E-state index is 13.0. The lowest BCUT2D eigenvalue weighted by atomic mass is 10.2. The highest BCUT2D eigenvalue weighted by molar-refractivity contribution is 4.98. The molecule has 0 aliphatic rings. The zero-order valence-electron chi connectivity index (χ0n) is 9.01. The minimum Gasteiger partial charge on any atom is -0.224 e. The molecule has 4 nitrogen and oxygen atoms in total. The lowest BCUT2D eigenvalue weighted by Gasteiger charge is -2.18. The van der Waals surface area contributed by atoms with Gasteiger partial charge in [0, 0.05) is 6.54 Å². The van der Waals surface area contributed by atoms with E-state index in [1.54, 1.807) is 0 Å². The molecule has 0 spiro atoms. The van der Waals surface area contributed by atoms with E-state index in [0.29, 0.717) is 17.5 Å². The van der Waals surface area contributed by atoms with Crippen LogP contribution in [0.2, 0.25) is 0 Å². The van der Waals surface area contributed by atoms with E-state index < -0.39 is 17.9 Å². The Balaban J connectivity index is 2.88. The first-order chi connectivity index (χ1) is 7.80. The van der Waals surface area contributed by atoms with E-state index in [4.69, 9.17) is 0 Å². The molecule has 0 radical (unpaired) electrons. The topological polar surface area (TPSA) is 43.6 Å². The van der Waals surface area contributed by atoms with E-state index in [-0.39, 0.29) is 6.54 Å². The third-order valence-electron chi connectivity index (χ3n) is 2.14. The van der Waals surface area contributed by atoms with Gasteiger partial charge in [0.15, 0.2) is 0 Å². The Morgan fingerprint density at radius 2 is 1.76 bits per heavy atom. The summed E-state index contributed by atoms with van der Waals surface area (Å²) in [7, 11) is 0. The quantitative estimate of drug-likeness (QED) is 0.602. The van der Waals surface area contributed by atoms with Crippen molar-refractivity contribution in [3.05, 3.63) is 5.82 Å². The number of hydrogen-bond donors (Lipinski definition) is 0. The summed E-state index contributed by atoms with van der Waals surface area (Å²) in [6.45, 7) is 1.83. The summed E-state index contributed by atoms with van der Waals surface area (Å²) < 4.78 is 62.8. The molecule has 1 rings (SSSR count). The molecule has 1 aromatic heterocycles. The Morgan fingerprint density at radius 3 is 2.29 bits per heavy atom. The monoisotopic (exact) mass is 258 g/mol. The van der Waals surface area contributed by atoms with Gasteiger partial charge < -0.3 is 0 Å². The largest absolute Gasteiger partial charge is 0.461 e. The highest BCUT2D eigenvalue weighted by Gasteiger charge is 2.62. The number of halogens is 5. The van der Waals surface area contributed by atoms with E-state index in [9.17, 15) is 22.0 Å². The average molecular weight is 258 g/mol. The van der Waals surface area contributed by atoms with Crippen molar-refractivity contribution >= 4 is 0 Å². The summed E-state index contributed by atoms with van der Waals surface area (Å²) in [5, 5.41) is 8.77. The van der Waals surface area contributed by atoms with Gasteiger partial charge in [0.2, 0.25) is 5.82 Å². The van der Waals surface area contributed by atoms with Crippen molar-refractivity contribution in [2.24, 2.45) is 0 Å². The SMILES string of the molecule is CCCCCn1nnnc1C(F)(F)C(F)(F)F. The fourth-order valence-corrected chi connectivity index (χ4v) is 1.22. The second-order valence-electron chi connectivity index (χ2n) is 3.50. The van der Waals surface area contributed by atoms with Crippen LogP contribution in [0, 0.1) is 0 Å². The molecule has 98 valence electrons. The van der Waals surface area contributed by atoms with Crippen molar-refractivity contribution in [1.29, 1.82) is 0 Å². The minimum atomic E-state index is -5.69. The maximum atomic E-state index is 13.0. The van der Waals surface area contributed by atoms with E-state index in [1.807, 2.05) is 6.92 Å². The van der Waals surface area contributed by atoms with Crippen LogP contribution < -0.4 is 0 Å². The Hall–Kier alpha value is -1.28. The zero-order chi connectivity index (χ0) is 13.1. The molecule has 0 fully saturated rings. The van der Waals surface area contributed by atoms with Crippen molar-refractivity contribution in [2.45, 2.75) is 44.8 Å². The summed E-state index contributed by atoms with van der Waals surface area (Å²) in [5.41, 5.74) is 0. The normalized spacial score (nSPS) is 13.1. The van der Waals surface area contributed by atoms with E-state index in [2.05, 4.69) is 15.5 Å². The first-order valence-electron chi connectivity index (χ1n) is 5.02. The lowest BCUT2D eigenvalue weighted by Crippen LogP contribution is -2.36. The number of aromatic nitrogens is 4. The molecule has 0 saturated carbocycles. The van der Waals surface area contributed by atoms with Gasteiger partial charge in [-0.1, -0.05) is 19.8 Å². The minimum absolute atomic E-state index is 0.0537. The van der Waals surface area contributed by atoms with E-state index in [1.165, 1.54) is 0 Å². The molecule has 0 amide bonds. The first kappa shape index (κ1) is 13.8. The summed E-state index contributed by atoms with van der Waals surface area (Å²) in [6.07, 6.45) is -3.73. The first-order valence-corrected chi connectivity index (χ1v) is 5.02. The third kappa shape index (κ3) is 2.89. The molecule has 0 atom stereocenters. The molecule has 1 heterocycles. The molecule has 17 heavy (non-hydrogen) atoms. The van der Waals surface area contributed by atoms with Crippen LogP contribution in [0.1, 0.15) is 32.0 Å². The predicted octanol–water partition coefficient (Wildman–Crippen LogP) is 2.52. The molecule has 0 aliphatic heterocycles. The summed E-state index contributed by atoms with van der Waals surface area (Å²) in [5.74, 6) is -6.48. The highest BCUT2D eigenvalue weighted by atomic mass is 19.4. The van der Waals surface area contributed by atoms with Gasteiger partial charge in [-0.2, -0.15) is 22.0 Å². The van der Waals surface area contributed by atoms with Crippen LogP contribution in [-0.2, 0) is 12.5 Å². The van der Waals surface area contributed by atoms with Crippen molar-refractivity contribution in [2.75, 3.05) is 0 Å². The van der Waals surface area contributed by atoms with Gasteiger partial charge in [-0.3, -0.25) is 0 Å². The fraction of sp³-hybridized carbons (Fsp3) is 0.875. The molecule has 1 aromatic rings. The molecule has 0 aliphatic carbocycles. The van der Waals surface area contributed by atoms with Gasteiger partial charge in [-0.15, -0.1) is 5.10 Å². The van der Waals surface area contributed by atoms with Crippen molar-refractivity contribution < 1.29 is 22.0 Å². The molecular weight excluding hydrogens is 247 g/mol. The third-order valence-corrected chi connectivity index (χ3v) is 2.14. The molecule has 0 N–H and O–H groups in total. The Morgan fingerprint density at radius 1 is 1.12 bits per heavy atom. The molecular formula is C8H11F5N4. The van der Waals surface area contributed by atoms with Gasteiger partial charge in [0.05, 0.1) is 0 Å². The molecule has 0 bridgehead atoms. The fourth-order valence-electron chi connectivity index (χ4n) is 1.22. The van der Waals surface area contributed by atoms with Crippen LogP contribution in [0.15, 0.2) is 0 Å². The standard InChI is InChI=1S/C8H11F5N4/c1-2-3-4-5-17-6(14-15-16-17)7(9,10)8(11,12)13/h2-5H2,1H3. The van der Waals surface area contributed by atoms with Crippen LogP contribution in [0.25, 0.3) is 0 Å². The molecule has 0 aromatic carbocycles. The van der Waals surface area contributed by atoms with Crippen molar-refractivity contribution in [3.8, 4) is 0 Å². The highest BCUT2D eigenvalue weighted by Crippen LogP contribution is 2.42. The second kappa shape index (κ2) is 4.92. The number of rotatable bonds is 5. The van der Waals surface area contributed by atoms with Crippen LogP contribution in [-0.4, -0.2) is 26.4 Å². The second-order valence-corrected chi connectivity index (χ2v) is 3.50. The Labute approximate surface area is 93.8 Å². The summed E-state index contributed by atoms with van der Waals surface area (Å²) in [6, 6.07) is 0. The number of nitrogens with zero attached hydrogens (tertiary/aromatic N) is 4. The van der Waals surface area contributed by atoms with Gasteiger partial charge in [0.25, 0.3) is 0 Å². The van der Waals surface area contributed by atoms with E-state index in [0.717, 1.165) is 6.42 Å². The predicted molar refractivity (Wildman–Crippen MR) is 47.3 cm³/mol. The summed E-state index contributed by atoms with van der Waals surface area (Å²) in [4.78, 5) is 0. The lowest BCUT2D eigenvalue weighted by molar-refractivity contribution is -0.293. The van der Waals surface area contributed by atoms with Gasteiger partial charge in [-0.05, 0) is 16.8 Å². The average Bonchev–Trinajstić information content (AvgIpc) is 2.65. The number of hydrogen-bond acceptors (Lipinski definition) is 3. The smallest absolute Gasteiger partial charge is 0.224 e. The van der Waals surface area contributed by atoms with Crippen LogP contribution >= 0.6 is 0 Å². The van der Waals surface area contributed by atoms with Crippen molar-refractivity contribution in [3.63, 3.8) is 0 Å². The number of alkyl halides is 5. The maximum Gasteiger partial charge on any atom is 0.461 e. The van der Waals surface area contributed by atoms with Gasteiger partial charge in [-0.25, -0.2) is 4.68 Å². The number of unbranched alkanes of at least 4 members (excludes halogenated alkanes) is 2.